The van der Waals surface area contributed by atoms with Crippen LogP contribution < -0.4 is 16.2 Å². The van der Waals surface area contributed by atoms with E-state index in [1.54, 1.807) is 24.5 Å². The van der Waals surface area contributed by atoms with Crippen LogP contribution in [0.5, 0.6) is 0 Å². The fraction of sp³-hybridized carbons (Fsp3) is 0.500. The molecule has 2 heterocycles. The molecular weight excluding hydrogens is 471 g/mol. The van der Waals surface area contributed by atoms with Crippen molar-refractivity contribution in [2.24, 2.45) is 4.99 Å². The Morgan fingerprint density at radius 1 is 1.19 bits per heavy atom. The molecule has 0 aromatic carbocycles. The van der Waals surface area contributed by atoms with Gasteiger partial charge in [-0.25, -0.2) is 0 Å². The predicted molar refractivity (Wildman–Crippen MR) is 127 cm³/mol. The maximum Gasteiger partial charge on any atom is 0.250 e. The van der Waals surface area contributed by atoms with Crippen molar-refractivity contribution in [3.05, 3.63) is 56.6 Å². The normalized spacial score (nSPS) is 11.8. The first-order chi connectivity index (χ1) is 12.4. The van der Waals surface area contributed by atoms with E-state index in [4.69, 9.17) is 0 Å². The van der Waals surface area contributed by atoms with Gasteiger partial charge in [-0.15, -0.1) is 35.3 Å². The van der Waals surface area contributed by atoms with Gasteiger partial charge in [0.15, 0.2) is 5.96 Å². The quantitative estimate of drug-likeness (QED) is 0.250. The molecule has 0 unspecified atom stereocenters. The van der Waals surface area contributed by atoms with Gasteiger partial charge in [-0.1, -0.05) is 26.0 Å². The number of unbranched alkanes of at least 4 members (excludes halogenated alkanes) is 1. The highest BCUT2D eigenvalue weighted by Crippen LogP contribution is 2.26. The van der Waals surface area contributed by atoms with Crippen molar-refractivity contribution in [3.63, 3.8) is 0 Å². The fourth-order valence-corrected chi connectivity index (χ4v) is 3.64. The summed E-state index contributed by atoms with van der Waals surface area (Å²) >= 11 is 1.79. The second-order valence-electron chi connectivity index (χ2n) is 7.08. The smallest absolute Gasteiger partial charge is 0.250 e. The van der Waals surface area contributed by atoms with Crippen LogP contribution in [0.25, 0.3) is 0 Å². The third kappa shape index (κ3) is 7.29. The topological polar surface area (TPSA) is 58.4 Å². The highest BCUT2D eigenvalue weighted by atomic mass is 127. The number of rotatable bonds is 8. The van der Waals surface area contributed by atoms with E-state index in [0.29, 0.717) is 0 Å². The van der Waals surface area contributed by atoms with E-state index in [9.17, 15) is 4.79 Å². The zero-order valence-corrected chi connectivity index (χ0v) is 19.8. The van der Waals surface area contributed by atoms with Crippen molar-refractivity contribution in [2.75, 3.05) is 20.1 Å². The lowest BCUT2D eigenvalue weighted by Gasteiger charge is -2.25. The Kier molecular flexibility index (Phi) is 10.1. The van der Waals surface area contributed by atoms with Gasteiger partial charge in [-0.05, 0) is 37.3 Å². The molecular formula is C20H31IN4OS. The number of aromatic nitrogens is 1. The molecule has 2 aromatic heterocycles. The van der Waals surface area contributed by atoms with E-state index in [-0.39, 0.29) is 35.0 Å². The van der Waals surface area contributed by atoms with Gasteiger partial charge in [-0.2, -0.15) is 0 Å². The first kappa shape index (κ1) is 23.7. The molecule has 0 amide bonds. The largest absolute Gasteiger partial charge is 0.356 e. The Hall–Kier alpha value is -1.35. The molecule has 2 rings (SSSR count). The second-order valence-corrected chi connectivity index (χ2v) is 8.03. The number of aryl methyl sites for hydroxylation is 1. The van der Waals surface area contributed by atoms with Gasteiger partial charge in [0.2, 0.25) is 0 Å². The summed E-state index contributed by atoms with van der Waals surface area (Å²) in [7, 11) is 1.79. The van der Waals surface area contributed by atoms with Crippen LogP contribution in [0.15, 0.2) is 45.5 Å². The standard InChI is InChI=1S/C20H30N4OS.HI/c1-16-9-7-11-18(25)24(16)13-6-5-12-22-19(21-4)23-15-20(2,3)17-10-8-14-26-17;/h7-11,14H,5-6,12-13,15H2,1-4H3,(H2,21,22,23);1H. The van der Waals surface area contributed by atoms with Crippen LogP contribution in [0.3, 0.4) is 0 Å². The van der Waals surface area contributed by atoms with Gasteiger partial charge in [-0.3, -0.25) is 9.79 Å². The Morgan fingerprint density at radius 3 is 2.59 bits per heavy atom. The summed E-state index contributed by atoms with van der Waals surface area (Å²) in [4.78, 5) is 17.5. The molecule has 2 N–H and O–H groups in total. The molecule has 27 heavy (non-hydrogen) atoms. The van der Waals surface area contributed by atoms with Gasteiger partial charge in [0.05, 0.1) is 0 Å². The molecule has 7 heteroatoms. The van der Waals surface area contributed by atoms with E-state index in [0.717, 1.165) is 44.1 Å². The zero-order valence-electron chi connectivity index (χ0n) is 16.6. The summed E-state index contributed by atoms with van der Waals surface area (Å²) in [5, 5.41) is 8.89. The van der Waals surface area contributed by atoms with Crippen LogP contribution in [0.4, 0.5) is 0 Å². The molecule has 0 saturated carbocycles. The van der Waals surface area contributed by atoms with E-state index < -0.39 is 0 Å². The lowest BCUT2D eigenvalue weighted by molar-refractivity contribution is 0.516. The lowest BCUT2D eigenvalue weighted by Crippen LogP contribution is -2.43. The summed E-state index contributed by atoms with van der Waals surface area (Å²) in [6.45, 7) is 8.86. The average Bonchev–Trinajstić information content (AvgIpc) is 3.15. The van der Waals surface area contributed by atoms with Crippen molar-refractivity contribution in [1.29, 1.82) is 0 Å². The summed E-state index contributed by atoms with van der Waals surface area (Å²) in [6.07, 6.45) is 1.94. The van der Waals surface area contributed by atoms with Crippen LogP contribution in [-0.4, -0.2) is 30.7 Å². The zero-order chi connectivity index (χ0) is 19.0. The Balaban J connectivity index is 0.00000364. The summed E-state index contributed by atoms with van der Waals surface area (Å²) < 4.78 is 1.83. The first-order valence-corrected chi connectivity index (χ1v) is 9.97. The van der Waals surface area contributed by atoms with E-state index in [1.165, 1.54) is 4.88 Å². The van der Waals surface area contributed by atoms with Gasteiger partial charge in [0.1, 0.15) is 0 Å². The van der Waals surface area contributed by atoms with Crippen molar-refractivity contribution in [2.45, 2.75) is 45.6 Å². The first-order valence-electron chi connectivity index (χ1n) is 9.09. The van der Waals surface area contributed by atoms with Crippen molar-refractivity contribution < 1.29 is 0 Å². The van der Waals surface area contributed by atoms with Crippen molar-refractivity contribution in [1.82, 2.24) is 15.2 Å². The Labute approximate surface area is 183 Å². The molecule has 150 valence electrons. The molecule has 5 nitrogen and oxygen atoms in total. The number of thiophene rings is 1. The molecule has 0 aliphatic carbocycles. The summed E-state index contributed by atoms with van der Waals surface area (Å²) in [5.74, 6) is 0.822. The fourth-order valence-electron chi connectivity index (χ4n) is 2.79. The Morgan fingerprint density at radius 2 is 1.96 bits per heavy atom. The van der Waals surface area contributed by atoms with Crippen LogP contribution in [0, 0.1) is 6.92 Å². The number of nitrogens with one attached hydrogen (secondary N) is 2. The monoisotopic (exact) mass is 502 g/mol. The second kappa shape index (κ2) is 11.5. The number of aliphatic imine (C=N–C) groups is 1. The predicted octanol–water partition coefficient (Wildman–Crippen LogP) is 3.76. The number of pyridine rings is 1. The summed E-state index contributed by atoms with van der Waals surface area (Å²) in [6, 6.07) is 9.67. The van der Waals surface area contributed by atoms with Crippen molar-refractivity contribution >= 4 is 41.3 Å². The van der Waals surface area contributed by atoms with Crippen LogP contribution in [-0.2, 0) is 12.0 Å². The van der Waals surface area contributed by atoms with Crippen LogP contribution in [0.2, 0.25) is 0 Å². The number of hydrogen-bond acceptors (Lipinski definition) is 3. The van der Waals surface area contributed by atoms with Crippen molar-refractivity contribution in [3.8, 4) is 0 Å². The van der Waals surface area contributed by atoms with Gasteiger partial charge in [0, 0.05) is 48.7 Å². The molecule has 0 spiro atoms. The molecule has 2 aromatic rings. The number of guanidine groups is 1. The minimum absolute atomic E-state index is 0. The van der Waals surface area contributed by atoms with Gasteiger partial charge < -0.3 is 15.2 Å². The lowest BCUT2D eigenvalue weighted by atomic mass is 9.91. The molecule has 0 aliphatic heterocycles. The molecule has 0 atom stereocenters. The Bertz CT molecular complexity index is 769. The molecule has 0 bridgehead atoms. The average molecular weight is 502 g/mol. The third-order valence-corrected chi connectivity index (χ3v) is 5.71. The van der Waals surface area contributed by atoms with Crippen LogP contribution >= 0.6 is 35.3 Å². The minimum atomic E-state index is 0. The maximum atomic E-state index is 11.9. The highest BCUT2D eigenvalue weighted by Gasteiger charge is 2.21. The maximum absolute atomic E-state index is 11.9. The van der Waals surface area contributed by atoms with E-state index in [1.807, 2.05) is 23.6 Å². The summed E-state index contributed by atoms with van der Waals surface area (Å²) in [5.41, 5.74) is 1.16. The highest BCUT2D eigenvalue weighted by molar-refractivity contribution is 14.0. The number of hydrogen-bond donors (Lipinski definition) is 2. The van der Waals surface area contributed by atoms with E-state index in [2.05, 4.69) is 47.0 Å². The molecule has 0 radical (unpaired) electrons. The number of nitrogens with zero attached hydrogens (tertiary/aromatic N) is 2. The third-order valence-electron chi connectivity index (χ3n) is 4.48. The number of halogens is 1. The molecule has 0 fully saturated rings. The SMILES string of the molecule is CN=C(NCCCCn1c(C)cccc1=O)NCC(C)(C)c1cccs1.I. The van der Waals surface area contributed by atoms with Gasteiger partial charge >= 0.3 is 0 Å². The molecule has 0 saturated heterocycles. The van der Waals surface area contributed by atoms with E-state index >= 15 is 0 Å². The minimum Gasteiger partial charge on any atom is -0.356 e. The molecule has 0 aliphatic rings. The van der Waals surface area contributed by atoms with Gasteiger partial charge in [0.25, 0.3) is 5.56 Å². The van der Waals surface area contributed by atoms with Crippen LogP contribution in [0.1, 0.15) is 37.3 Å².